The van der Waals surface area contributed by atoms with Crippen LogP contribution in [0.15, 0.2) is 0 Å². The molecule has 2 fully saturated rings. The SMILES string of the molecule is CCCC1CCN(CC(NCC)(C(N)=O)C2CC2)C1. The Morgan fingerprint density at radius 3 is 2.63 bits per heavy atom. The van der Waals surface area contributed by atoms with Gasteiger partial charge in [0.1, 0.15) is 5.54 Å². The molecule has 2 atom stereocenters. The van der Waals surface area contributed by atoms with Gasteiger partial charge in [-0.05, 0) is 50.6 Å². The summed E-state index contributed by atoms with van der Waals surface area (Å²) in [6.07, 6.45) is 6.13. The first kappa shape index (κ1) is 14.8. The van der Waals surface area contributed by atoms with Crippen LogP contribution < -0.4 is 11.1 Å². The van der Waals surface area contributed by atoms with Gasteiger partial charge in [0.05, 0.1) is 0 Å². The lowest BCUT2D eigenvalue weighted by Gasteiger charge is -2.35. The van der Waals surface area contributed by atoms with Gasteiger partial charge in [-0.3, -0.25) is 4.79 Å². The van der Waals surface area contributed by atoms with E-state index >= 15 is 0 Å². The minimum absolute atomic E-state index is 0.157. The number of likely N-dealkylation sites (tertiary alicyclic amines) is 1. The van der Waals surface area contributed by atoms with E-state index in [1.165, 1.54) is 19.3 Å². The van der Waals surface area contributed by atoms with E-state index in [0.717, 1.165) is 44.9 Å². The number of nitrogens with zero attached hydrogens (tertiary/aromatic N) is 1. The second kappa shape index (κ2) is 6.23. The highest BCUT2D eigenvalue weighted by molar-refractivity contribution is 5.86. The molecule has 1 saturated carbocycles. The van der Waals surface area contributed by atoms with Crippen LogP contribution in [0.2, 0.25) is 0 Å². The number of carbonyl (C=O) groups is 1. The molecule has 0 aromatic heterocycles. The Morgan fingerprint density at radius 1 is 1.37 bits per heavy atom. The lowest BCUT2D eigenvalue weighted by Crippen LogP contribution is -2.63. The number of carbonyl (C=O) groups excluding carboxylic acids is 1. The number of likely N-dealkylation sites (N-methyl/N-ethyl adjacent to an activating group) is 1. The number of hydrogen-bond acceptors (Lipinski definition) is 3. The predicted molar refractivity (Wildman–Crippen MR) is 77.8 cm³/mol. The van der Waals surface area contributed by atoms with Crippen LogP contribution in [0.25, 0.3) is 0 Å². The molecule has 2 aliphatic rings. The largest absolute Gasteiger partial charge is 0.368 e. The Labute approximate surface area is 117 Å². The third-order valence-corrected chi connectivity index (χ3v) is 4.75. The first-order valence-electron chi connectivity index (χ1n) is 7.89. The topological polar surface area (TPSA) is 58.4 Å². The Kier molecular flexibility index (Phi) is 4.85. The van der Waals surface area contributed by atoms with Crippen molar-refractivity contribution < 1.29 is 4.79 Å². The molecular formula is C15H29N3O. The van der Waals surface area contributed by atoms with Gasteiger partial charge in [0.25, 0.3) is 0 Å². The number of amides is 1. The number of primary amides is 1. The molecule has 19 heavy (non-hydrogen) atoms. The Bertz CT molecular complexity index is 317. The fraction of sp³-hybridized carbons (Fsp3) is 0.933. The van der Waals surface area contributed by atoms with Gasteiger partial charge in [-0.15, -0.1) is 0 Å². The standard InChI is InChI=1S/C15H29N3O/c1-3-5-12-8-9-18(10-12)11-15(14(16)19,17-4-2)13-6-7-13/h12-13,17H,3-11H2,1-2H3,(H2,16,19). The fourth-order valence-electron chi connectivity index (χ4n) is 3.64. The summed E-state index contributed by atoms with van der Waals surface area (Å²) in [5.41, 5.74) is 5.27. The molecule has 0 aromatic rings. The maximum atomic E-state index is 12.0. The number of rotatable bonds is 8. The van der Waals surface area contributed by atoms with Crippen molar-refractivity contribution >= 4 is 5.91 Å². The molecule has 1 amide bonds. The normalized spacial score (nSPS) is 27.4. The van der Waals surface area contributed by atoms with E-state index in [4.69, 9.17) is 5.73 Å². The summed E-state index contributed by atoms with van der Waals surface area (Å²) < 4.78 is 0. The zero-order chi connectivity index (χ0) is 13.9. The van der Waals surface area contributed by atoms with Gasteiger partial charge >= 0.3 is 0 Å². The van der Waals surface area contributed by atoms with Crippen LogP contribution in [0, 0.1) is 11.8 Å². The third kappa shape index (κ3) is 3.29. The van der Waals surface area contributed by atoms with Crippen LogP contribution in [0.5, 0.6) is 0 Å². The highest BCUT2D eigenvalue weighted by Gasteiger charge is 2.50. The summed E-state index contributed by atoms with van der Waals surface area (Å²) in [4.78, 5) is 14.5. The molecule has 4 nitrogen and oxygen atoms in total. The van der Waals surface area contributed by atoms with Gasteiger partial charge in [0.2, 0.25) is 5.91 Å². The van der Waals surface area contributed by atoms with Crippen molar-refractivity contribution in [2.45, 2.75) is 51.5 Å². The molecule has 4 heteroatoms. The molecule has 110 valence electrons. The van der Waals surface area contributed by atoms with Gasteiger partial charge in [0, 0.05) is 13.1 Å². The summed E-state index contributed by atoms with van der Waals surface area (Å²) in [5.74, 6) is 1.11. The van der Waals surface area contributed by atoms with Gasteiger partial charge in [-0.25, -0.2) is 0 Å². The van der Waals surface area contributed by atoms with Gasteiger partial charge in [0.15, 0.2) is 0 Å². The molecule has 0 radical (unpaired) electrons. The summed E-state index contributed by atoms with van der Waals surface area (Å²) >= 11 is 0. The minimum atomic E-state index is -0.476. The fourth-order valence-corrected chi connectivity index (χ4v) is 3.64. The average Bonchev–Trinajstić information content (AvgIpc) is 3.12. The Balaban J connectivity index is 1.98. The van der Waals surface area contributed by atoms with Crippen molar-refractivity contribution in [3.63, 3.8) is 0 Å². The molecule has 0 spiro atoms. The van der Waals surface area contributed by atoms with Gasteiger partial charge < -0.3 is 16.0 Å². The van der Waals surface area contributed by atoms with E-state index in [0.29, 0.717) is 5.92 Å². The van der Waals surface area contributed by atoms with E-state index in [1.807, 2.05) is 0 Å². The van der Waals surface area contributed by atoms with Crippen molar-refractivity contribution in [1.82, 2.24) is 10.2 Å². The summed E-state index contributed by atoms with van der Waals surface area (Å²) in [6, 6.07) is 0. The lowest BCUT2D eigenvalue weighted by atomic mass is 9.91. The molecular weight excluding hydrogens is 238 g/mol. The molecule has 3 N–H and O–H groups in total. The predicted octanol–water partition coefficient (Wildman–Crippen LogP) is 1.35. The monoisotopic (exact) mass is 267 g/mol. The first-order valence-corrected chi connectivity index (χ1v) is 7.89. The van der Waals surface area contributed by atoms with Crippen LogP contribution in [-0.2, 0) is 4.79 Å². The molecule has 1 aliphatic heterocycles. The van der Waals surface area contributed by atoms with Crippen molar-refractivity contribution in [3.8, 4) is 0 Å². The second-order valence-electron chi connectivity index (χ2n) is 6.32. The molecule has 1 heterocycles. The molecule has 0 aromatic carbocycles. The van der Waals surface area contributed by atoms with Crippen molar-refractivity contribution in [3.05, 3.63) is 0 Å². The van der Waals surface area contributed by atoms with Crippen LogP contribution in [0.1, 0.15) is 46.0 Å². The van der Waals surface area contributed by atoms with E-state index in [9.17, 15) is 4.79 Å². The van der Waals surface area contributed by atoms with E-state index in [2.05, 4.69) is 24.1 Å². The zero-order valence-electron chi connectivity index (χ0n) is 12.5. The van der Waals surface area contributed by atoms with Crippen molar-refractivity contribution in [1.29, 1.82) is 0 Å². The summed E-state index contributed by atoms with van der Waals surface area (Å²) in [7, 11) is 0. The van der Waals surface area contributed by atoms with Gasteiger partial charge in [-0.2, -0.15) is 0 Å². The highest BCUT2D eigenvalue weighted by atomic mass is 16.1. The maximum absolute atomic E-state index is 12.0. The van der Waals surface area contributed by atoms with Crippen LogP contribution >= 0.6 is 0 Å². The summed E-state index contributed by atoms with van der Waals surface area (Å²) in [5, 5.41) is 3.42. The number of nitrogens with one attached hydrogen (secondary N) is 1. The van der Waals surface area contributed by atoms with Crippen molar-refractivity contribution in [2.75, 3.05) is 26.2 Å². The minimum Gasteiger partial charge on any atom is -0.368 e. The van der Waals surface area contributed by atoms with Crippen LogP contribution in [-0.4, -0.2) is 42.5 Å². The third-order valence-electron chi connectivity index (χ3n) is 4.75. The molecule has 2 rings (SSSR count). The smallest absolute Gasteiger partial charge is 0.239 e. The zero-order valence-corrected chi connectivity index (χ0v) is 12.5. The molecule has 2 unspecified atom stereocenters. The van der Waals surface area contributed by atoms with Crippen molar-refractivity contribution in [2.24, 2.45) is 17.6 Å². The first-order chi connectivity index (χ1) is 9.12. The molecule has 0 bridgehead atoms. The Morgan fingerprint density at radius 2 is 2.11 bits per heavy atom. The van der Waals surface area contributed by atoms with E-state index in [1.54, 1.807) is 0 Å². The Hall–Kier alpha value is -0.610. The molecule has 1 aliphatic carbocycles. The number of hydrogen-bond donors (Lipinski definition) is 2. The lowest BCUT2D eigenvalue weighted by molar-refractivity contribution is -0.126. The summed E-state index contributed by atoms with van der Waals surface area (Å²) in [6.45, 7) is 8.19. The highest BCUT2D eigenvalue weighted by Crippen LogP contribution is 2.40. The van der Waals surface area contributed by atoms with Crippen LogP contribution in [0.3, 0.4) is 0 Å². The average molecular weight is 267 g/mol. The van der Waals surface area contributed by atoms with E-state index < -0.39 is 5.54 Å². The second-order valence-corrected chi connectivity index (χ2v) is 6.32. The van der Waals surface area contributed by atoms with Crippen LogP contribution in [0.4, 0.5) is 0 Å². The van der Waals surface area contributed by atoms with E-state index in [-0.39, 0.29) is 5.91 Å². The quantitative estimate of drug-likeness (QED) is 0.698. The number of nitrogens with two attached hydrogens (primary N) is 1. The molecule has 1 saturated heterocycles. The van der Waals surface area contributed by atoms with Gasteiger partial charge in [-0.1, -0.05) is 20.3 Å². The maximum Gasteiger partial charge on any atom is 0.239 e.